The normalized spacial score (nSPS) is 14.9. The molecule has 8 heteroatoms. The molecule has 1 fully saturated rings. The number of anilines is 1. The van der Waals surface area contributed by atoms with E-state index in [1.807, 2.05) is 18.2 Å². The van der Waals surface area contributed by atoms with E-state index in [4.69, 9.17) is 4.42 Å². The van der Waals surface area contributed by atoms with E-state index < -0.39 is 5.76 Å². The zero-order chi connectivity index (χ0) is 20.9. The quantitative estimate of drug-likeness (QED) is 0.643. The summed E-state index contributed by atoms with van der Waals surface area (Å²) in [5.74, 6) is -0.751. The number of piperazine rings is 1. The number of hydrogen-bond acceptors (Lipinski definition) is 5. The van der Waals surface area contributed by atoms with Crippen molar-refractivity contribution in [2.24, 2.45) is 0 Å². The van der Waals surface area contributed by atoms with Crippen molar-refractivity contribution >= 4 is 22.7 Å². The van der Waals surface area contributed by atoms with Gasteiger partial charge in [0.2, 0.25) is 5.91 Å². The number of para-hydroxylation sites is 2. The SMILES string of the molecule is O=C(CCn1c(=O)oc2ccccc21)NCCN1CCN(c2ccc(F)cc2)CC1. The number of hydrogen-bond donors (Lipinski definition) is 1. The van der Waals surface area contributed by atoms with Gasteiger partial charge in [-0.1, -0.05) is 12.1 Å². The van der Waals surface area contributed by atoms with Crippen LogP contribution in [0.15, 0.2) is 57.7 Å². The molecule has 0 atom stereocenters. The molecule has 0 unspecified atom stereocenters. The second-order valence-electron chi connectivity index (χ2n) is 7.39. The molecular formula is C22H25FN4O3. The summed E-state index contributed by atoms with van der Waals surface area (Å²) in [6.07, 6.45) is 0.224. The third kappa shape index (κ3) is 4.71. The Morgan fingerprint density at radius 1 is 1.00 bits per heavy atom. The summed E-state index contributed by atoms with van der Waals surface area (Å²) in [5, 5.41) is 2.93. The Bertz CT molecular complexity index is 1050. The Morgan fingerprint density at radius 3 is 2.50 bits per heavy atom. The van der Waals surface area contributed by atoms with Gasteiger partial charge < -0.3 is 14.6 Å². The van der Waals surface area contributed by atoms with Gasteiger partial charge in [-0.05, 0) is 36.4 Å². The molecule has 1 N–H and O–H groups in total. The third-order valence-corrected chi connectivity index (χ3v) is 5.45. The maximum Gasteiger partial charge on any atom is 0.419 e. The van der Waals surface area contributed by atoms with Crippen LogP contribution in [-0.2, 0) is 11.3 Å². The number of nitrogens with zero attached hydrogens (tertiary/aromatic N) is 3. The molecule has 7 nitrogen and oxygen atoms in total. The first-order valence-corrected chi connectivity index (χ1v) is 10.2. The summed E-state index contributed by atoms with van der Waals surface area (Å²) in [6, 6.07) is 13.8. The third-order valence-electron chi connectivity index (χ3n) is 5.45. The van der Waals surface area contributed by atoms with Gasteiger partial charge in [0.15, 0.2) is 5.58 Å². The van der Waals surface area contributed by atoms with E-state index in [0.717, 1.165) is 38.4 Å². The van der Waals surface area contributed by atoms with Crippen molar-refractivity contribution < 1.29 is 13.6 Å². The Balaban J connectivity index is 1.18. The Labute approximate surface area is 173 Å². The number of aromatic nitrogens is 1. The number of carbonyl (C=O) groups excluding carboxylic acids is 1. The molecule has 0 aliphatic carbocycles. The van der Waals surface area contributed by atoms with Gasteiger partial charge in [0.05, 0.1) is 5.52 Å². The van der Waals surface area contributed by atoms with Crippen LogP contribution in [0.2, 0.25) is 0 Å². The number of amides is 1. The molecule has 30 heavy (non-hydrogen) atoms. The smallest absolute Gasteiger partial charge is 0.408 e. The average Bonchev–Trinajstić information content (AvgIpc) is 3.08. The van der Waals surface area contributed by atoms with Gasteiger partial charge in [-0.15, -0.1) is 0 Å². The number of oxazole rings is 1. The highest BCUT2D eigenvalue weighted by atomic mass is 19.1. The number of benzene rings is 2. The van der Waals surface area contributed by atoms with Crippen LogP contribution in [0.25, 0.3) is 11.1 Å². The first-order valence-electron chi connectivity index (χ1n) is 10.2. The van der Waals surface area contributed by atoms with Gasteiger partial charge in [-0.25, -0.2) is 9.18 Å². The second kappa shape index (κ2) is 9.13. The summed E-state index contributed by atoms with van der Waals surface area (Å²) >= 11 is 0. The molecule has 2 heterocycles. The van der Waals surface area contributed by atoms with Gasteiger partial charge >= 0.3 is 5.76 Å². The first kappa shape index (κ1) is 20.2. The minimum atomic E-state index is -0.442. The topological polar surface area (TPSA) is 70.7 Å². The Morgan fingerprint density at radius 2 is 1.73 bits per heavy atom. The number of halogens is 1. The molecule has 1 aromatic heterocycles. The fourth-order valence-corrected chi connectivity index (χ4v) is 3.76. The molecule has 0 bridgehead atoms. The maximum atomic E-state index is 13.1. The molecule has 4 rings (SSSR count). The monoisotopic (exact) mass is 412 g/mol. The molecular weight excluding hydrogens is 387 g/mol. The van der Waals surface area contributed by atoms with Crippen molar-refractivity contribution in [2.45, 2.75) is 13.0 Å². The minimum Gasteiger partial charge on any atom is -0.408 e. The highest BCUT2D eigenvalue weighted by Crippen LogP contribution is 2.16. The predicted octanol–water partition coefficient (Wildman–Crippen LogP) is 2.06. The van der Waals surface area contributed by atoms with E-state index in [0.29, 0.717) is 17.6 Å². The van der Waals surface area contributed by atoms with E-state index >= 15 is 0 Å². The van der Waals surface area contributed by atoms with E-state index in [1.54, 1.807) is 18.2 Å². The van der Waals surface area contributed by atoms with Crippen LogP contribution in [0.3, 0.4) is 0 Å². The van der Waals surface area contributed by atoms with Crippen molar-refractivity contribution in [1.82, 2.24) is 14.8 Å². The zero-order valence-electron chi connectivity index (χ0n) is 16.7. The lowest BCUT2D eigenvalue weighted by Gasteiger charge is -2.36. The van der Waals surface area contributed by atoms with Crippen molar-refractivity contribution in [1.29, 1.82) is 0 Å². The second-order valence-corrected chi connectivity index (χ2v) is 7.39. The summed E-state index contributed by atoms with van der Waals surface area (Å²) in [6.45, 7) is 5.16. The predicted molar refractivity (Wildman–Crippen MR) is 113 cm³/mol. The van der Waals surface area contributed by atoms with Crippen molar-refractivity contribution in [3.8, 4) is 0 Å². The number of rotatable bonds is 7. The van der Waals surface area contributed by atoms with Crippen LogP contribution in [0.1, 0.15) is 6.42 Å². The number of carbonyl (C=O) groups is 1. The summed E-state index contributed by atoms with van der Waals surface area (Å²) in [7, 11) is 0. The van der Waals surface area contributed by atoms with Gasteiger partial charge in [0, 0.05) is 57.9 Å². The van der Waals surface area contributed by atoms with Crippen LogP contribution in [0.4, 0.5) is 10.1 Å². The molecule has 1 aliphatic rings. The molecule has 0 spiro atoms. The van der Waals surface area contributed by atoms with Crippen LogP contribution >= 0.6 is 0 Å². The molecule has 2 aromatic carbocycles. The molecule has 1 amide bonds. The number of aryl methyl sites for hydroxylation is 1. The highest BCUT2D eigenvalue weighted by molar-refractivity contribution is 5.76. The fraction of sp³-hybridized carbons (Fsp3) is 0.364. The lowest BCUT2D eigenvalue weighted by atomic mass is 10.2. The van der Waals surface area contributed by atoms with Gasteiger partial charge in [0.25, 0.3) is 0 Å². The van der Waals surface area contributed by atoms with E-state index in [1.165, 1.54) is 16.7 Å². The van der Waals surface area contributed by atoms with Crippen LogP contribution in [0, 0.1) is 5.82 Å². The van der Waals surface area contributed by atoms with Gasteiger partial charge in [0.1, 0.15) is 5.82 Å². The number of nitrogens with one attached hydrogen (secondary N) is 1. The minimum absolute atomic E-state index is 0.0860. The molecule has 3 aromatic rings. The lowest BCUT2D eigenvalue weighted by molar-refractivity contribution is -0.121. The van der Waals surface area contributed by atoms with E-state index in [9.17, 15) is 14.0 Å². The standard InChI is InChI=1S/C22H25FN4O3/c23-17-5-7-18(8-6-17)26-15-13-25(14-16-26)12-10-24-21(28)9-11-27-19-3-1-2-4-20(19)30-22(27)29/h1-8H,9-16H2,(H,24,28). The van der Waals surface area contributed by atoms with Crippen LogP contribution < -0.4 is 16.0 Å². The van der Waals surface area contributed by atoms with Gasteiger partial charge in [-0.2, -0.15) is 0 Å². The summed E-state index contributed by atoms with van der Waals surface area (Å²) in [5.41, 5.74) is 2.27. The van der Waals surface area contributed by atoms with Crippen LogP contribution in [-0.4, -0.2) is 54.6 Å². The first-order chi connectivity index (χ1) is 14.6. The zero-order valence-corrected chi connectivity index (χ0v) is 16.7. The summed E-state index contributed by atoms with van der Waals surface area (Å²) in [4.78, 5) is 28.7. The Kier molecular flexibility index (Phi) is 6.13. The van der Waals surface area contributed by atoms with E-state index in [2.05, 4.69) is 15.1 Å². The average molecular weight is 412 g/mol. The largest absolute Gasteiger partial charge is 0.419 e. The highest BCUT2D eigenvalue weighted by Gasteiger charge is 2.17. The van der Waals surface area contributed by atoms with Gasteiger partial charge in [-0.3, -0.25) is 14.3 Å². The van der Waals surface area contributed by atoms with Crippen molar-refractivity contribution in [2.75, 3.05) is 44.2 Å². The van der Waals surface area contributed by atoms with Crippen molar-refractivity contribution in [3.05, 3.63) is 64.9 Å². The molecule has 158 valence electrons. The molecule has 1 saturated heterocycles. The van der Waals surface area contributed by atoms with E-state index in [-0.39, 0.29) is 24.7 Å². The summed E-state index contributed by atoms with van der Waals surface area (Å²) < 4.78 is 19.7. The lowest BCUT2D eigenvalue weighted by Crippen LogP contribution is -2.48. The maximum absolute atomic E-state index is 13.1. The molecule has 0 radical (unpaired) electrons. The molecule has 0 saturated carbocycles. The van der Waals surface area contributed by atoms with Crippen molar-refractivity contribution in [3.63, 3.8) is 0 Å². The van der Waals surface area contributed by atoms with Crippen LogP contribution in [0.5, 0.6) is 0 Å². The number of fused-ring (bicyclic) bond motifs is 1. The fourth-order valence-electron chi connectivity index (χ4n) is 3.76. The Hall–Kier alpha value is -3.13. The molecule has 1 aliphatic heterocycles.